The van der Waals surface area contributed by atoms with E-state index in [1.807, 2.05) is 56.3 Å². The highest BCUT2D eigenvalue weighted by Gasteiger charge is 2.04. The van der Waals surface area contributed by atoms with E-state index in [1.54, 1.807) is 0 Å². The Hall–Kier alpha value is -2.36. The van der Waals surface area contributed by atoms with Crippen LogP contribution in [0.25, 0.3) is 0 Å². The summed E-state index contributed by atoms with van der Waals surface area (Å²) < 4.78 is 0. The van der Waals surface area contributed by atoms with Gasteiger partial charge in [0, 0.05) is 12.2 Å². The zero-order valence-corrected chi connectivity index (χ0v) is 11.1. The number of hydrogen-bond donors (Lipinski definition) is 2. The van der Waals surface area contributed by atoms with Crippen LogP contribution in [0.3, 0.4) is 0 Å². The van der Waals surface area contributed by atoms with E-state index in [9.17, 15) is 4.79 Å². The van der Waals surface area contributed by atoms with E-state index in [0.29, 0.717) is 6.54 Å². The highest BCUT2D eigenvalue weighted by molar-refractivity contribution is 5.89. The Balaban J connectivity index is 1.91. The van der Waals surface area contributed by atoms with Crippen molar-refractivity contribution in [2.45, 2.75) is 20.4 Å². The fourth-order valence-corrected chi connectivity index (χ4v) is 1.76. The SMILES string of the molecule is Cc1ccc(NC(=O)NCc2ccccc2)c(C)n1. The van der Waals surface area contributed by atoms with Crippen LogP contribution in [0, 0.1) is 13.8 Å². The minimum atomic E-state index is -0.224. The largest absolute Gasteiger partial charge is 0.334 e. The number of carbonyl (C=O) groups is 1. The van der Waals surface area contributed by atoms with Gasteiger partial charge in [-0.2, -0.15) is 0 Å². The number of rotatable bonds is 3. The Kier molecular flexibility index (Phi) is 4.13. The van der Waals surface area contributed by atoms with Crippen LogP contribution in [0.1, 0.15) is 17.0 Å². The molecule has 0 bridgehead atoms. The zero-order valence-electron chi connectivity index (χ0n) is 11.1. The molecule has 0 unspecified atom stereocenters. The molecule has 0 saturated carbocycles. The number of anilines is 1. The van der Waals surface area contributed by atoms with Crippen molar-refractivity contribution in [3.63, 3.8) is 0 Å². The number of nitrogens with zero attached hydrogens (tertiary/aromatic N) is 1. The number of amides is 2. The van der Waals surface area contributed by atoms with E-state index in [-0.39, 0.29) is 6.03 Å². The molecule has 0 saturated heterocycles. The summed E-state index contributed by atoms with van der Waals surface area (Å²) in [5.41, 5.74) is 3.55. The highest BCUT2D eigenvalue weighted by Crippen LogP contribution is 2.12. The number of aryl methyl sites for hydroxylation is 2. The summed E-state index contributed by atoms with van der Waals surface area (Å²) in [6, 6.07) is 13.3. The maximum Gasteiger partial charge on any atom is 0.319 e. The molecule has 98 valence electrons. The molecule has 1 aromatic carbocycles. The van der Waals surface area contributed by atoms with Crippen molar-refractivity contribution in [2.75, 3.05) is 5.32 Å². The van der Waals surface area contributed by atoms with Gasteiger partial charge in [-0.3, -0.25) is 4.98 Å². The Morgan fingerprint density at radius 1 is 1.11 bits per heavy atom. The number of carbonyl (C=O) groups excluding carboxylic acids is 1. The maximum absolute atomic E-state index is 11.8. The van der Waals surface area contributed by atoms with Crippen molar-refractivity contribution < 1.29 is 4.79 Å². The van der Waals surface area contributed by atoms with E-state index in [2.05, 4.69) is 15.6 Å². The first kappa shape index (κ1) is 13.1. The van der Waals surface area contributed by atoms with Crippen LogP contribution in [0.4, 0.5) is 10.5 Å². The second-order valence-corrected chi connectivity index (χ2v) is 4.38. The first-order valence-corrected chi connectivity index (χ1v) is 6.18. The summed E-state index contributed by atoms with van der Waals surface area (Å²) in [6.07, 6.45) is 0. The standard InChI is InChI=1S/C15H17N3O/c1-11-8-9-14(12(2)17-11)18-15(19)16-10-13-6-4-3-5-7-13/h3-9H,10H2,1-2H3,(H2,16,18,19). The third-order valence-corrected chi connectivity index (χ3v) is 2.77. The molecule has 4 heteroatoms. The van der Waals surface area contributed by atoms with Crippen LogP contribution < -0.4 is 10.6 Å². The third-order valence-electron chi connectivity index (χ3n) is 2.77. The number of aromatic nitrogens is 1. The second kappa shape index (κ2) is 6.00. The Bertz CT molecular complexity index is 567. The van der Waals surface area contributed by atoms with Gasteiger partial charge >= 0.3 is 6.03 Å². The molecule has 0 atom stereocenters. The predicted octanol–water partition coefficient (Wildman–Crippen LogP) is 3.02. The molecule has 2 N–H and O–H groups in total. The van der Waals surface area contributed by atoms with Crippen LogP contribution in [0.15, 0.2) is 42.5 Å². The summed E-state index contributed by atoms with van der Waals surface area (Å²) >= 11 is 0. The minimum absolute atomic E-state index is 0.224. The van der Waals surface area contributed by atoms with E-state index in [1.165, 1.54) is 0 Å². The van der Waals surface area contributed by atoms with Crippen molar-refractivity contribution in [3.8, 4) is 0 Å². The summed E-state index contributed by atoms with van der Waals surface area (Å²) in [5.74, 6) is 0. The van der Waals surface area contributed by atoms with E-state index in [0.717, 1.165) is 22.6 Å². The van der Waals surface area contributed by atoms with Gasteiger partial charge in [-0.15, -0.1) is 0 Å². The lowest BCUT2D eigenvalue weighted by atomic mass is 10.2. The molecule has 0 radical (unpaired) electrons. The molecule has 4 nitrogen and oxygen atoms in total. The van der Waals surface area contributed by atoms with Gasteiger partial charge in [-0.1, -0.05) is 30.3 Å². The summed E-state index contributed by atoms with van der Waals surface area (Å²) in [4.78, 5) is 16.1. The monoisotopic (exact) mass is 255 g/mol. The van der Waals surface area contributed by atoms with E-state index < -0.39 is 0 Å². The van der Waals surface area contributed by atoms with Gasteiger partial charge < -0.3 is 10.6 Å². The van der Waals surface area contributed by atoms with Crippen molar-refractivity contribution in [1.82, 2.24) is 10.3 Å². The van der Waals surface area contributed by atoms with Gasteiger partial charge in [0.25, 0.3) is 0 Å². The summed E-state index contributed by atoms with van der Waals surface area (Å²) in [5, 5.41) is 5.61. The van der Waals surface area contributed by atoms with Crippen molar-refractivity contribution in [3.05, 3.63) is 59.4 Å². The van der Waals surface area contributed by atoms with Crippen LogP contribution in [0.2, 0.25) is 0 Å². The lowest BCUT2D eigenvalue weighted by Crippen LogP contribution is -2.28. The van der Waals surface area contributed by atoms with Crippen LogP contribution in [-0.2, 0) is 6.54 Å². The molecule has 2 aromatic rings. The molecule has 0 aliphatic heterocycles. The fourth-order valence-electron chi connectivity index (χ4n) is 1.76. The molecule has 1 heterocycles. The molecule has 1 aromatic heterocycles. The Morgan fingerprint density at radius 2 is 1.84 bits per heavy atom. The molecule has 0 spiro atoms. The maximum atomic E-state index is 11.8. The number of hydrogen-bond acceptors (Lipinski definition) is 2. The number of urea groups is 1. The van der Waals surface area contributed by atoms with Gasteiger partial charge in [-0.25, -0.2) is 4.79 Å². The predicted molar refractivity (Wildman–Crippen MR) is 76.0 cm³/mol. The summed E-state index contributed by atoms with van der Waals surface area (Å²) in [6.45, 7) is 4.30. The number of benzene rings is 1. The number of pyridine rings is 1. The van der Waals surface area contributed by atoms with Crippen molar-refractivity contribution >= 4 is 11.7 Å². The molecule has 2 rings (SSSR count). The van der Waals surface area contributed by atoms with E-state index in [4.69, 9.17) is 0 Å². The second-order valence-electron chi connectivity index (χ2n) is 4.38. The normalized spacial score (nSPS) is 10.0. The Labute approximate surface area is 112 Å². The van der Waals surface area contributed by atoms with Gasteiger partial charge in [0.2, 0.25) is 0 Å². The smallest absolute Gasteiger partial charge is 0.319 e. The topological polar surface area (TPSA) is 54.0 Å². The fraction of sp³-hybridized carbons (Fsp3) is 0.200. The summed E-state index contributed by atoms with van der Waals surface area (Å²) in [7, 11) is 0. The van der Waals surface area contributed by atoms with Gasteiger partial charge in [-0.05, 0) is 31.5 Å². The van der Waals surface area contributed by atoms with Crippen molar-refractivity contribution in [1.29, 1.82) is 0 Å². The number of nitrogens with one attached hydrogen (secondary N) is 2. The molecule has 19 heavy (non-hydrogen) atoms. The quantitative estimate of drug-likeness (QED) is 0.885. The molecule has 0 aliphatic carbocycles. The third kappa shape index (κ3) is 3.81. The van der Waals surface area contributed by atoms with Gasteiger partial charge in [0.1, 0.15) is 0 Å². The molecular weight excluding hydrogens is 238 g/mol. The van der Waals surface area contributed by atoms with E-state index >= 15 is 0 Å². The molecule has 0 aliphatic rings. The zero-order chi connectivity index (χ0) is 13.7. The molecular formula is C15H17N3O. The molecule has 0 fully saturated rings. The first-order chi connectivity index (χ1) is 9.15. The van der Waals surface area contributed by atoms with Gasteiger partial charge in [0.05, 0.1) is 11.4 Å². The average molecular weight is 255 g/mol. The Morgan fingerprint density at radius 3 is 2.53 bits per heavy atom. The molecule has 2 amide bonds. The van der Waals surface area contributed by atoms with Crippen LogP contribution >= 0.6 is 0 Å². The lowest BCUT2D eigenvalue weighted by Gasteiger charge is -2.09. The van der Waals surface area contributed by atoms with Crippen LogP contribution in [-0.4, -0.2) is 11.0 Å². The minimum Gasteiger partial charge on any atom is -0.334 e. The first-order valence-electron chi connectivity index (χ1n) is 6.18. The van der Waals surface area contributed by atoms with Crippen LogP contribution in [0.5, 0.6) is 0 Å². The van der Waals surface area contributed by atoms with Gasteiger partial charge in [0.15, 0.2) is 0 Å². The lowest BCUT2D eigenvalue weighted by molar-refractivity contribution is 0.251. The van der Waals surface area contributed by atoms with Crippen molar-refractivity contribution in [2.24, 2.45) is 0 Å². The highest BCUT2D eigenvalue weighted by atomic mass is 16.2. The average Bonchev–Trinajstić information content (AvgIpc) is 2.41.